The van der Waals surface area contributed by atoms with Crippen LogP contribution in [0, 0.1) is 5.82 Å². The second-order valence-electron chi connectivity index (χ2n) is 2.78. The highest BCUT2D eigenvalue weighted by molar-refractivity contribution is 7.60. The van der Waals surface area contributed by atoms with Crippen molar-refractivity contribution in [3.05, 3.63) is 41.5 Å². The molecule has 0 bridgehead atoms. The van der Waals surface area contributed by atoms with Crippen LogP contribution >= 0.6 is 7.37 Å². The van der Waals surface area contributed by atoms with E-state index in [2.05, 4.69) is 0 Å². The third-order valence-electron chi connectivity index (χ3n) is 1.44. The molecule has 13 heavy (non-hydrogen) atoms. The van der Waals surface area contributed by atoms with Crippen LogP contribution in [0.15, 0.2) is 30.1 Å². The summed E-state index contributed by atoms with van der Waals surface area (Å²) in [5.41, 5.74) is 0.318. The molecular formula is C9H10FO2P. The van der Waals surface area contributed by atoms with Crippen molar-refractivity contribution in [3.63, 3.8) is 0 Å². The maximum Gasteiger partial charge on any atom is 0.219 e. The molecule has 0 radical (unpaired) electrons. The summed E-state index contributed by atoms with van der Waals surface area (Å²) in [4.78, 5) is 8.92. The third-order valence-corrected chi connectivity index (χ3v) is 2.14. The molecule has 70 valence electrons. The third kappa shape index (κ3) is 3.53. The van der Waals surface area contributed by atoms with E-state index in [4.69, 9.17) is 4.89 Å². The van der Waals surface area contributed by atoms with Gasteiger partial charge in [0, 0.05) is 18.0 Å². The highest BCUT2D eigenvalue weighted by atomic mass is 31.2. The zero-order chi connectivity index (χ0) is 9.90. The predicted molar refractivity (Wildman–Crippen MR) is 51.2 cm³/mol. The fourth-order valence-corrected chi connectivity index (χ4v) is 1.27. The summed E-state index contributed by atoms with van der Waals surface area (Å²) in [6.07, 6.45) is 1.32. The van der Waals surface area contributed by atoms with Crippen molar-refractivity contribution in [2.24, 2.45) is 0 Å². The molecule has 0 saturated carbocycles. The molecule has 0 aliphatic rings. The average molecular weight is 200 g/mol. The second kappa shape index (κ2) is 3.86. The van der Waals surface area contributed by atoms with E-state index in [1.807, 2.05) is 0 Å². The highest BCUT2D eigenvalue weighted by Crippen LogP contribution is 2.37. The lowest BCUT2D eigenvalue weighted by Gasteiger charge is -1.97. The largest absolute Gasteiger partial charge is 0.342 e. The number of rotatable bonds is 2. The van der Waals surface area contributed by atoms with Gasteiger partial charge in [0.25, 0.3) is 0 Å². The quantitative estimate of drug-likeness (QED) is 0.745. The topological polar surface area (TPSA) is 37.3 Å². The summed E-state index contributed by atoms with van der Waals surface area (Å²) >= 11 is 0. The van der Waals surface area contributed by atoms with Gasteiger partial charge in [0.2, 0.25) is 7.37 Å². The molecule has 0 amide bonds. The number of halogens is 1. The lowest BCUT2D eigenvalue weighted by Crippen LogP contribution is -1.79. The van der Waals surface area contributed by atoms with Crippen molar-refractivity contribution in [2.45, 2.75) is 0 Å². The van der Waals surface area contributed by atoms with Crippen LogP contribution in [0.4, 0.5) is 4.39 Å². The first-order chi connectivity index (χ1) is 5.99. The van der Waals surface area contributed by atoms with Gasteiger partial charge in [0.05, 0.1) is 0 Å². The van der Waals surface area contributed by atoms with E-state index in [0.717, 1.165) is 5.82 Å². The Bertz CT molecular complexity index is 368. The molecule has 0 heterocycles. The van der Waals surface area contributed by atoms with Gasteiger partial charge >= 0.3 is 0 Å². The van der Waals surface area contributed by atoms with E-state index in [1.165, 1.54) is 18.8 Å². The van der Waals surface area contributed by atoms with Gasteiger partial charge in [-0.25, -0.2) is 4.39 Å². The van der Waals surface area contributed by atoms with Crippen LogP contribution in [0.5, 0.6) is 0 Å². The van der Waals surface area contributed by atoms with Crippen molar-refractivity contribution >= 4 is 13.4 Å². The van der Waals surface area contributed by atoms with Gasteiger partial charge in [-0.1, -0.05) is 18.2 Å². The Kier molecular flexibility index (Phi) is 3.02. The van der Waals surface area contributed by atoms with Crippen LogP contribution in [-0.4, -0.2) is 11.6 Å². The maximum atomic E-state index is 12.9. The fourth-order valence-electron chi connectivity index (χ4n) is 0.829. The molecule has 1 N–H and O–H groups in total. The summed E-state index contributed by atoms with van der Waals surface area (Å²) in [6, 6.07) is 6.08. The minimum absolute atomic E-state index is 0.318. The van der Waals surface area contributed by atoms with Gasteiger partial charge in [-0.05, 0) is 12.1 Å². The van der Waals surface area contributed by atoms with Gasteiger partial charge in [-0.2, -0.15) is 0 Å². The summed E-state index contributed by atoms with van der Waals surface area (Å²) in [6.45, 7) is 1.20. The van der Waals surface area contributed by atoms with E-state index in [1.54, 1.807) is 18.2 Å². The van der Waals surface area contributed by atoms with Crippen LogP contribution in [0.2, 0.25) is 0 Å². The number of hydrogen-bond donors (Lipinski definition) is 1. The molecule has 0 aromatic heterocycles. The molecule has 1 atom stereocenters. The SMILES string of the molecule is CP(=O)(O)C=Cc1ccccc1F. The van der Waals surface area contributed by atoms with Crippen LogP contribution < -0.4 is 0 Å². The molecule has 0 aliphatic heterocycles. The predicted octanol–water partition coefficient (Wildman–Crippen LogP) is 2.70. The molecule has 0 fully saturated rings. The second-order valence-corrected chi connectivity index (χ2v) is 4.97. The Morgan fingerprint density at radius 1 is 1.46 bits per heavy atom. The molecule has 0 spiro atoms. The zero-order valence-electron chi connectivity index (χ0n) is 7.14. The van der Waals surface area contributed by atoms with Crippen LogP contribution in [0.3, 0.4) is 0 Å². The number of hydrogen-bond acceptors (Lipinski definition) is 1. The average Bonchev–Trinajstić information content (AvgIpc) is 2.01. The Hall–Kier alpha value is -0.920. The normalized spacial score (nSPS) is 15.9. The molecule has 1 unspecified atom stereocenters. The first-order valence-corrected chi connectivity index (χ1v) is 5.90. The van der Waals surface area contributed by atoms with Crippen molar-refractivity contribution in [2.75, 3.05) is 6.66 Å². The lowest BCUT2D eigenvalue weighted by atomic mass is 10.2. The minimum atomic E-state index is -3.20. The van der Waals surface area contributed by atoms with E-state index < -0.39 is 13.2 Å². The summed E-state index contributed by atoms with van der Waals surface area (Å²) in [5.74, 6) is 0.720. The summed E-state index contributed by atoms with van der Waals surface area (Å²) < 4.78 is 23.8. The maximum absolute atomic E-state index is 12.9. The van der Waals surface area contributed by atoms with Gasteiger partial charge in [-0.15, -0.1) is 0 Å². The summed E-state index contributed by atoms with van der Waals surface area (Å²) in [5, 5.41) is 0. The molecule has 1 aromatic carbocycles. The van der Waals surface area contributed by atoms with Crippen LogP contribution in [0.1, 0.15) is 5.56 Å². The Morgan fingerprint density at radius 3 is 2.62 bits per heavy atom. The van der Waals surface area contributed by atoms with E-state index in [0.29, 0.717) is 5.56 Å². The molecule has 4 heteroatoms. The van der Waals surface area contributed by atoms with Crippen molar-refractivity contribution in [3.8, 4) is 0 Å². The Morgan fingerprint density at radius 2 is 2.08 bits per heavy atom. The van der Waals surface area contributed by atoms with Crippen LogP contribution in [0.25, 0.3) is 6.08 Å². The molecule has 1 rings (SSSR count). The van der Waals surface area contributed by atoms with E-state index in [-0.39, 0.29) is 0 Å². The lowest BCUT2D eigenvalue weighted by molar-refractivity contribution is 0.496. The van der Waals surface area contributed by atoms with Gasteiger partial charge in [-0.3, -0.25) is 4.57 Å². The van der Waals surface area contributed by atoms with Crippen molar-refractivity contribution < 1.29 is 13.8 Å². The summed E-state index contributed by atoms with van der Waals surface area (Å²) in [7, 11) is -3.20. The highest BCUT2D eigenvalue weighted by Gasteiger charge is 2.03. The van der Waals surface area contributed by atoms with E-state index in [9.17, 15) is 8.96 Å². The molecule has 2 nitrogen and oxygen atoms in total. The first-order valence-electron chi connectivity index (χ1n) is 3.73. The van der Waals surface area contributed by atoms with Gasteiger partial charge < -0.3 is 4.89 Å². The fraction of sp³-hybridized carbons (Fsp3) is 0.111. The Labute approximate surface area is 76.2 Å². The number of benzene rings is 1. The monoisotopic (exact) mass is 200 g/mol. The Balaban J connectivity index is 2.93. The van der Waals surface area contributed by atoms with Crippen molar-refractivity contribution in [1.82, 2.24) is 0 Å². The standard InChI is InChI=1S/C9H10FO2P/c1-13(11,12)7-6-8-4-2-3-5-9(8)10/h2-7H,1H3,(H,11,12). The molecule has 0 saturated heterocycles. The molecule has 0 aliphatic carbocycles. The van der Waals surface area contributed by atoms with E-state index >= 15 is 0 Å². The molecular weight excluding hydrogens is 190 g/mol. The smallest absolute Gasteiger partial charge is 0.219 e. The minimum Gasteiger partial charge on any atom is -0.342 e. The van der Waals surface area contributed by atoms with Gasteiger partial charge in [0.1, 0.15) is 5.82 Å². The van der Waals surface area contributed by atoms with Gasteiger partial charge in [0.15, 0.2) is 0 Å². The van der Waals surface area contributed by atoms with Crippen molar-refractivity contribution in [1.29, 1.82) is 0 Å². The zero-order valence-corrected chi connectivity index (χ0v) is 8.04. The first kappa shape index (κ1) is 10.2. The van der Waals surface area contributed by atoms with Crippen LogP contribution in [-0.2, 0) is 4.57 Å². The molecule has 1 aromatic rings.